The monoisotopic (exact) mass is 247 g/mol. The van der Waals surface area contributed by atoms with Gasteiger partial charge in [-0.25, -0.2) is 0 Å². The molecule has 8 nitrogen and oxygen atoms in total. The summed E-state index contributed by atoms with van der Waals surface area (Å²) in [4.78, 5) is 22.1. The fraction of sp³-hybridized carbons (Fsp3) is 0.200. The Morgan fingerprint density at radius 3 is 2.61 bits per heavy atom. The maximum Gasteiger partial charge on any atom is 0.269 e. The lowest BCUT2D eigenvalue weighted by atomic mass is 10.3. The first-order valence-electron chi connectivity index (χ1n) is 5.09. The number of carbonyl (C=O) groups is 1. The van der Waals surface area contributed by atoms with E-state index in [1.54, 1.807) is 0 Å². The number of nitro groups is 1. The molecule has 1 heterocycles. The zero-order chi connectivity index (χ0) is 13.1. The maximum absolute atomic E-state index is 10.9. The summed E-state index contributed by atoms with van der Waals surface area (Å²) in [7, 11) is 0. The molecule has 18 heavy (non-hydrogen) atoms. The molecule has 0 aliphatic rings. The van der Waals surface area contributed by atoms with E-state index in [2.05, 4.69) is 15.4 Å². The fourth-order valence-electron chi connectivity index (χ4n) is 1.35. The molecule has 92 valence electrons. The van der Waals surface area contributed by atoms with Crippen molar-refractivity contribution >= 4 is 11.5 Å². The molecule has 2 rings (SSSR count). The first-order chi connectivity index (χ1) is 8.56. The van der Waals surface area contributed by atoms with Gasteiger partial charge in [0.1, 0.15) is 5.78 Å². The molecule has 1 aromatic carbocycles. The van der Waals surface area contributed by atoms with Gasteiger partial charge in [-0.05, 0) is 24.3 Å². The molecule has 2 aromatic rings. The standard InChI is InChI=1S/C10H9N5O3/c1-7(16)6-10-11-13-14(12-10)8-2-4-9(5-3-8)15(17)18/h2-5H,6H2,1H3. The van der Waals surface area contributed by atoms with E-state index >= 15 is 0 Å². The lowest BCUT2D eigenvalue weighted by molar-refractivity contribution is -0.384. The minimum Gasteiger partial charge on any atom is -0.300 e. The van der Waals surface area contributed by atoms with Gasteiger partial charge in [0.15, 0.2) is 5.82 Å². The molecule has 0 amide bonds. The number of hydrogen-bond acceptors (Lipinski definition) is 6. The Morgan fingerprint density at radius 2 is 2.06 bits per heavy atom. The Labute approximate surface area is 101 Å². The van der Waals surface area contributed by atoms with Crippen LogP contribution in [0.4, 0.5) is 5.69 Å². The zero-order valence-electron chi connectivity index (χ0n) is 9.48. The van der Waals surface area contributed by atoms with Crippen molar-refractivity contribution < 1.29 is 9.72 Å². The van der Waals surface area contributed by atoms with E-state index in [-0.39, 0.29) is 17.9 Å². The maximum atomic E-state index is 10.9. The molecular formula is C10H9N5O3. The van der Waals surface area contributed by atoms with Crippen LogP contribution in [0.2, 0.25) is 0 Å². The normalized spacial score (nSPS) is 10.3. The molecule has 0 bridgehead atoms. The molecule has 8 heteroatoms. The number of carbonyl (C=O) groups excluding carboxylic acids is 1. The van der Waals surface area contributed by atoms with E-state index < -0.39 is 4.92 Å². The first kappa shape index (κ1) is 11.8. The number of rotatable bonds is 4. The largest absolute Gasteiger partial charge is 0.300 e. The summed E-state index contributed by atoms with van der Waals surface area (Å²) in [5.41, 5.74) is 0.533. The van der Waals surface area contributed by atoms with E-state index in [9.17, 15) is 14.9 Å². The molecule has 0 fully saturated rings. The van der Waals surface area contributed by atoms with Crippen molar-refractivity contribution in [2.24, 2.45) is 0 Å². The molecular weight excluding hydrogens is 238 g/mol. The highest BCUT2D eigenvalue weighted by atomic mass is 16.6. The molecule has 0 unspecified atom stereocenters. The van der Waals surface area contributed by atoms with E-state index in [0.717, 1.165) is 0 Å². The Balaban J connectivity index is 2.23. The Kier molecular flexibility index (Phi) is 3.09. The predicted octanol–water partition coefficient (Wildman–Crippen LogP) is 0.702. The van der Waals surface area contributed by atoms with Crippen molar-refractivity contribution in [2.75, 3.05) is 0 Å². The van der Waals surface area contributed by atoms with Crippen LogP contribution >= 0.6 is 0 Å². The van der Waals surface area contributed by atoms with Crippen LogP contribution in [0, 0.1) is 10.1 Å². The summed E-state index contributed by atoms with van der Waals surface area (Å²) in [5.74, 6) is 0.263. The third kappa shape index (κ3) is 2.54. The molecule has 0 saturated heterocycles. The Hall–Kier alpha value is -2.64. The van der Waals surface area contributed by atoms with Gasteiger partial charge in [-0.2, -0.15) is 0 Å². The number of hydrogen-bond donors (Lipinski definition) is 0. The lowest BCUT2D eigenvalue weighted by Crippen LogP contribution is -2.01. The lowest BCUT2D eigenvalue weighted by Gasteiger charge is -1.96. The van der Waals surface area contributed by atoms with Crippen molar-refractivity contribution in [3.8, 4) is 5.69 Å². The Morgan fingerprint density at radius 1 is 1.39 bits per heavy atom. The van der Waals surface area contributed by atoms with Gasteiger partial charge in [0.2, 0.25) is 0 Å². The van der Waals surface area contributed by atoms with E-state index in [0.29, 0.717) is 11.5 Å². The van der Waals surface area contributed by atoms with Crippen LogP contribution in [0.3, 0.4) is 0 Å². The third-order valence-corrected chi connectivity index (χ3v) is 2.15. The number of tetrazole rings is 1. The van der Waals surface area contributed by atoms with E-state index in [1.807, 2.05) is 0 Å². The molecule has 0 spiro atoms. The summed E-state index contributed by atoms with van der Waals surface area (Å²) in [6, 6.07) is 5.72. The summed E-state index contributed by atoms with van der Waals surface area (Å²) in [6.45, 7) is 1.44. The number of benzene rings is 1. The molecule has 1 aromatic heterocycles. The summed E-state index contributed by atoms with van der Waals surface area (Å²) in [6.07, 6.45) is 0.118. The van der Waals surface area contributed by atoms with E-state index in [1.165, 1.54) is 36.0 Å². The van der Waals surface area contributed by atoms with Crippen LogP contribution in [0.15, 0.2) is 24.3 Å². The van der Waals surface area contributed by atoms with Crippen molar-refractivity contribution in [2.45, 2.75) is 13.3 Å². The van der Waals surface area contributed by atoms with Crippen molar-refractivity contribution in [3.63, 3.8) is 0 Å². The number of nitro benzene ring substituents is 1. The fourth-order valence-corrected chi connectivity index (χ4v) is 1.35. The molecule has 0 aliphatic heterocycles. The highest BCUT2D eigenvalue weighted by Gasteiger charge is 2.09. The second-order valence-electron chi connectivity index (χ2n) is 3.65. The highest BCUT2D eigenvalue weighted by Crippen LogP contribution is 2.13. The SMILES string of the molecule is CC(=O)Cc1nnn(-c2ccc([N+](=O)[O-])cc2)n1. The smallest absolute Gasteiger partial charge is 0.269 e. The minimum absolute atomic E-state index is 0.0113. The third-order valence-electron chi connectivity index (χ3n) is 2.15. The molecule has 0 aliphatic carbocycles. The molecule has 0 radical (unpaired) electrons. The topological polar surface area (TPSA) is 104 Å². The van der Waals surface area contributed by atoms with Crippen LogP contribution in [0.1, 0.15) is 12.7 Å². The minimum atomic E-state index is -0.486. The first-order valence-corrected chi connectivity index (χ1v) is 5.09. The predicted molar refractivity (Wildman–Crippen MR) is 60.2 cm³/mol. The summed E-state index contributed by atoms with van der Waals surface area (Å²) >= 11 is 0. The van der Waals surface area contributed by atoms with Crippen LogP contribution < -0.4 is 0 Å². The van der Waals surface area contributed by atoms with Gasteiger partial charge in [0.25, 0.3) is 5.69 Å². The number of ketones is 1. The van der Waals surface area contributed by atoms with Gasteiger partial charge in [0, 0.05) is 12.1 Å². The number of non-ortho nitro benzene ring substituents is 1. The highest BCUT2D eigenvalue weighted by molar-refractivity contribution is 5.77. The van der Waals surface area contributed by atoms with Gasteiger partial charge in [-0.1, -0.05) is 0 Å². The summed E-state index contributed by atoms with van der Waals surface area (Å²) < 4.78 is 0. The molecule has 0 atom stereocenters. The van der Waals surface area contributed by atoms with Crippen LogP contribution in [-0.4, -0.2) is 30.9 Å². The second kappa shape index (κ2) is 4.70. The van der Waals surface area contributed by atoms with Crippen LogP contribution in [0.25, 0.3) is 5.69 Å². The van der Waals surface area contributed by atoms with Crippen molar-refractivity contribution in [3.05, 3.63) is 40.2 Å². The van der Waals surface area contributed by atoms with Crippen LogP contribution in [0.5, 0.6) is 0 Å². The van der Waals surface area contributed by atoms with E-state index in [4.69, 9.17) is 0 Å². The number of Topliss-reactive ketones (excluding diaryl/α,β-unsaturated/α-hetero) is 1. The van der Waals surface area contributed by atoms with Crippen molar-refractivity contribution in [1.82, 2.24) is 20.2 Å². The number of nitrogens with zero attached hydrogens (tertiary/aromatic N) is 5. The van der Waals surface area contributed by atoms with Gasteiger partial charge < -0.3 is 0 Å². The van der Waals surface area contributed by atoms with Gasteiger partial charge in [0.05, 0.1) is 17.0 Å². The zero-order valence-corrected chi connectivity index (χ0v) is 9.48. The van der Waals surface area contributed by atoms with Crippen LogP contribution in [-0.2, 0) is 11.2 Å². The summed E-state index contributed by atoms with van der Waals surface area (Å²) in [5, 5.41) is 22.0. The molecule has 0 saturated carbocycles. The van der Waals surface area contributed by atoms with Gasteiger partial charge >= 0.3 is 0 Å². The Bertz CT molecular complexity index is 590. The quantitative estimate of drug-likeness (QED) is 0.581. The van der Waals surface area contributed by atoms with Crippen molar-refractivity contribution in [1.29, 1.82) is 0 Å². The molecule has 0 N–H and O–H groups in total. The van der Waals surface area contributed by atoms with Gasteiger partial charge in [-0.15, -0.1) is 15.0 Å². The average Bonchev–Trinajstić information content (AvgIpc) is 2.76. The average molecular weight is 247 g/mol. The second-order valence-corrected chi connectivity index (χ2v) is 3.65. The number of aromatic nitrogens is 4. The van der Waals surface area contributed by atoms with Gasteiger partial charge in [-0.3, -0.25) is 14.9 Å².